The number of benzene rings is 2. The molecule has 0 unspecified atom stereocenters. The maximum Gasteiger partial charge on any atom is 0.386 e. The van der Waals surface area contributed by atoms with Crippen LogP contribution in [-0.2, 0) is 23.7 Å². The van der Waals surface area contributed by atoms with Crippen molar-refractivity contribution in [3.63, 3.8) is 0 Å². The van der Waals surface area contributed by atoms with E-state index in [0.29, 0.717) is 5.92 Å². The zero-order valence-electron chi connectivity index (χ0n) is 19.4. The predicted octanol–water partition coefficient (Wildman–Crippen LogP) is 8.44. The topological polar surface area (TPSA) is 9.23 Å². The minimum Gasteiger partial charge on any atom is -0.316 e. The molecule has 0 radical (unpaired) electrons. The molecule has 1 aliphatic rings. The Balaban J connectivity index is 1.64. The van der Waals surface area contributed by atoms with E-state index in [1.807, 2.05) is 6.92 Å². The standard InChI is InChI=1S/C27H33F5O/c1-3-5-18-7-10-20(11-8-18)22-13-14-23(26(30)25(22)29)27(31,32)33-16-15-21-12-9-19(6-4-2)17-24(21)28/h9,12-14,17-18,20H,3-8,10-11,15-16H2,1-2H3/t18-,20-. The first kappa shape index (κ1) is 25.7. The second kappa shape index (κ2) is 11.5. The van der Waals surface area contributed by atoms with Gasteiger partial charge in [0.05, 0.1) is 12.2 Å². The highest BCUT2D eigenvalue weighted by molar-refractivity contribution is 5.31. The second-order valence-corrected chi connectivity index (χ2v) is 9.13. The van der Waals surface area contributed by atoms with Gasteiger partial charge < -0.3 is 4.74 Å². The number of alkyl halides is 2. The molecule has 0 bridgehead atoms. The Morgan fingerprint density at radius 1 is 0.879 bits per heavy atom. The van der Waals surface area contributed by atoms with E-state index in [4.69, 9.17) is 0 Å². The molecule has 0 heterocycles. The lowest BCUT2D eigenvalue weighted by Gasteiger charge is -2.29. The van der Waals surface area contributed by atoms with Crippen molar-refractivity contribution < 1.29 is 26.7 Å². The third-order valence-electron chi connectivity index (χ3n) is 6.72. The van der Waals surface area contributed by atoms with Gasteiger partial charge in [0.25, 0.3) is 0 Å². The predicted molar refractivity (Wildman–Crippen MR) is 120 cm³/mol. The summed E-state index contributed by atoms with van der Waals surface area (Å²) >= 11 is 0. The van der Waals surface area contributed by atoms with Gasteiger partial charge in [-0.2, -0.15) is 8.78 Å². The van der Waals surface area contributed by atoms with Gasteiger partial charge in [0, 0.05) is 0 Å². The summed E-state index contributed by atoms with van der Waals surface area (Å²) in [7, 11) is 0. The van der Waals surface area contributed by atoms with E-state index < -0.39 is 35.7 Å². The minimum absolute atomic E-state index is 0.100. The summed E-state index contributed by atoms with van der Waals surface area (Å²) in [5.41, 5.74) is 0.117. The van der Waals surface area contributed by atoms with Crippen molar-refractivity contribution in [3.8, 4) is 0 Å². The lowest BCUT2D eigenvalue weighted by atomic mass is 9.77. The minimum atomic E-state index is -4.01. The van der Waals surface area contributed by atoms with Crippen molar-refractivity contribution in [3.05, 3.63) is 70.0 Å². The number of hydrogen-bond acceptors (Lipinski definition) is 1. The Morgan fingerprint density at radius 3 is 2.24 bits per heavy atom. The van der Waals surface area contributed by atoms with Crippen LogP contribution in [0.2, 0.25) is 0 Å². The van der Waals surface area contributed by atoms with E-state index in [2.05, 4.69) is 11.7 Å². The Hall–Kier alpha value is -1.95. The average molecular weight is 469 g/mol. The van der Waals surface area contributed by atoms with Crippen LogP contribution in [-0.4, -0.2) is 6.61 Å². The van der Waals surface area contributed by atoms with Gasteiger partial charge in [0.2, 0.25) is 0 Å². The first-order chi connectivity index (χ1) is 15.8. The van der Waals surface area contributed by atoms with Gasteiger partial charge in [-0.25, -0.2) is 13.2 Å². The average Bonchev–Trinajstić information content (AvgIpc) is 2.78. The van der Waals surface area contributed by atoms with E-state index in [-0.39, 0.29) is 23.5 Å². The number of hydrogen-bond donors (Lipinski definition) is 0. The summed E-state index contributed by atoms with van der Waals surface area (Å²) in [6, 6.07) is 6.88. The van der Waals surface area contributed by atoms with Crippen molar-refractivity contribution >= 4 is 0 Å². The van der Waals surface area contributed by atoms with Crippen LogP contribution in [0.25, 0.3) is 0 Å². The first-order valence-electron chi connectivity index (χ1n) is 12.0. The van der Waals surface area contributed by atoms with E-state index in [1.165, 1.54) is 12.1 Å². The smallest absolute Gasteiger partial charge is 0.316 e. The SMILES string of the molecule is CCCc1ccc(CCOC(F)(F)c2ccc([C@H]3CC[C@H](CCC)CC3)c(F)c2F)c(F)c1. The van der Waals surface area contributed by atoms with Gasteiger partial charge in [0.15, 0.2) is 11.6 Å². The number of ether oxygens (including phenoxy) is 1. The monoisotopic (exact) mass is 468 g/mol. The second-order valence-electron chi connectivity index (χ2n) is 9.13. The molecule has 0 aromatic heterocycles. The van der Waals surface area contributed by atoms with Crippen LogP contribution >= 0.6 is 0 Å². The summed E-state index contributed by atoms with van der Waals surface area (Å²) in [5, 5.41) is 0. The molecule has 6 heteroatoms. The van der Waals surface area contributed by atoms with Gasteiger partial charge in [0.1, 0.15) is 5.82 Å². The molecule has 3 rings (SSSR count). The molecule has 0 spiro atoms. The molecule has 1 nitrogen and oxygen atoms in total. The quantitative estimate of drug-likeness (QED) is 0.318. The van der Waals surface area contributed by atoms with Crippen LogP contribution in [0.1, 0.15) is 87.0 Å². The van der Waals surface area contributed by atoms with E-state index in [1.54, 1.807) is 12.1 Å². The zero-order valence-corrected chi connectivity index (χ0v) is 19.4. The third-order valence-corrected chi connectivity index (χ3v) is 6.72. The fourth-order valence-electron chi connectivity index (χ4n) is 4.88. The molecule has 2 aromatic carbocycles. The molecule has 0 aliphatic heterocycles. The Bertz CT molecular complexity index is 919. The number of halogens is 5. The molecule has 33 heavy (non-hydrogen) atoms. The van der Waals surface area contributed by atoms with Crippen LogP contribution < -0.4 is 0 Å². The summed E-state index contributed by atoms with van der Waals surface area (Å²) in [6.07, 6.45) is 3.05. The van der Waals surface area contributed by atoms with Gasteiger partial charge in [-0.3, -0.25) is 0 Å². The summed E-state index contributed by atoms with van der Waals surface area (Å²) in [5.74, 6) is -2.82. The third kappa shape index (κ3) is 6.34. The zero-order chi connectivity index (χ0) is 24.0. The summed E-state index contributed by atoms with van der Waals surface area (Å²) in [4.78, 5) is 0. The summed E-state index contributed by atoms with van der Waals surface area (Å²) in [6.45, 7) is 3.58. The lowest BCUT2D eigenvalue weighted by Crippen LogP contribution is -2.23. The Kier molecular flexibility index (Phi) is 8.91. The largest absolute Gasteiger partial charge is 0.386 e. The fraction of sp³-hybridized carbons (Fsp3) is 0.556. The van der Waals surface area contributed by atoms with E-state index in [0.717, 1.165) is 63.0 Å². The van der Waals surface area contributed by atoms with Crippen molar-refractivity contribution in [2.75, 3.05) is 6.61 Å². The molecule has 0 saturated heterocycles. The number of aryl methyl sites for hydroxylation is 1. The van der Waals surface area contributed by atoms with Crippen LogP contribution in [0.5, 0.6) is 0 Å². The number of rotatable bonds is 10. The van der Waals surface area contributed by atoms with Crippen molar-refractivity contribution in [2.24, 2.45) is 5.92 Å². The highest BCUT2D eigenvalue weighted by Crippen LogP contribution is 2.41. The molecule has 2 aromatic rings. The van der Waals surface area contributed by atoms with Gasteiger partial charge >= 0.3 is 6.11 Å². The molecule has 0 N–H and O–H groups in total. The Labute approximate surface area is 193 Å². The molecule has 182 valence electrons. The first-order valence-corrected chi connectivity index (χ1v) is 12.0. The molecule has 1 fully saturated rings. The highest BCUT2D eigenvalue weighted by Gasteiger charge is 2.38. The van der Waals surface area contributed by atoms with Gasteiger partial charge in [-0.1, -0.05) is 51.3 Å². The molecule has 1 aliphatic carbocycles. The highest BCUT2D eigenvalue weighted by atomic mass is 19.3. The molecule has 1 saturated carbocycles. The molecule has 0 atom stereocenters. The van der Waals surface area contributed by atoms with Gasteiger partial charge in [-0.15, -0.1) is 0 Å². The normalized spacial score (nSPS) is 19.1. The van der Waals surface area contributed by atoms with Crippen LogP contribution in [0.4, 0.5) is 22.0 Å². The van der Waals surface area contributed by atoms with Crippen LogP contribution in [0, 0.1) is 23.4 Å². The fourth-order valence-corrected chi connectivity index (χ4v) is 4.88. The van der Waals surface area contributed by atoms with E-state index >= 15 is 0 Å². The van der Waals surface area contributed by atoms with Crippen molar-refractivity contribution in [1.29, 1.82) is 0 Å². The van der Waals surface area contributed by atoms with Crippen molar-refractivity contribution in [2.45, 2.75) is 83.7 Å². The Morgan fingerprint density at radius 2 is 1.61 bits per heavy atom. The molecular weight excluding hydrogens is 435 g/mol. The summed E-state index contributed by atoms with van der Waals surface area (Å²) < 4.78 is 77.3. The lowest BCUT2D eigenvalue weighted by molar-refractivity contribution is -0.250. The van der Waals surface area contributed by atoms with Crippen LogP contribution in [0.3, 0.4) is 0 Å². The van der Waals surface area contributed by atoms with E-state index in [9.17, 15) is 22.0 Å². The molecular formula is C27H33F5O. The van der Waals surface area contributed by atoms with Crippen LogP contribution in [0.15, 0.2) is 30.3 Å². The van der Waals surface area contributed by atoms with Gasteiger partial charge in [-0.05, 0) is 79.2 Å². The van der Waals surface area contributed by atoms with Crippen molar-refractivity contribution in [1.82, 2.24) is 0 Å². The maximum absolute atomic E-state index is 14.7. The maximum atomic E-state index is 14.7. The molecule has 0 amide bonds.